The van der Waals surface area contributed by atoms with Crippen LogP contribution in [-0.4, -0.2) is 21.4 Å². The number of fused-ring (bicyclic) bond motifs is 1. The van der Waals surface area contributed by atoms with Gasteiger partial charge in [0.1, 0.15) is 17.3 Å². The molecule has 1 aliphatic carbocycles. The molecule has 1 saturated carbocycles. The third-order valence-corrected chi connectivity index (χ3v) is 5.67. The van der Waals surface area contributed by atoms with Crippen LogP contribution in [0.15, 0.2) is 45.6 Å². The number of hydrogen-bond acceptors (Lipinski definition) is 4. The zero-order chi connectivity index (χ0) is 20.9. The number of alkyl halides is 3. The molecule has 0 bridgehead atoms. The first kappa shape index (κ1) is 19.1. The van der Waals surface area contributed by atoms with Crippen LogP contribution in [0.1, 0.15) is 47.2 Å². The molecule has 3 heterocycles. The number of hydrogen-bond donors (Lipinski definition) is 1. The van der Waals surface area contributed by atoms with Crippen LogP contribution >= 0.6 is 0 Å². The zero-order valence-corrected chi connectivity index (χ0v) is 16.1. The summed E-state index contributed by atoms with van der Waals surface area (Å²) in [5, 5.41) is 0. The lowest BCUT2D eigenvalue weighted by Crippen LogP contribution is -2.35. The Hall–Kier alpha value is -2.87. The molecule has 0 radical (unpaired) electrons. The number of nitrogens with one attached hydrogen (secondary N) is 1. The molecule has 2 aliphatic rings. The first-order valence-electron chi connectivity index (χ1n) is 9.98. The highest BCUT2D eigenvalue weighted by molar-refractivity contribution is 5.63. The Morgan fingerprint density at radius 3 is 2.73 bits per heavy atom. The Labute approximate surface area is 170 Å². The highest BCUT2D eigenvalue weighted by atomic mass is 19.4. The Balaban J connectivity index is 1.34. The van der Waals surface area contributed by atoms with Gasteiger partial charge in [-0.2, -0.15) is 13.2 Å². The molecule has 156 valence electrons. The molecule has 30 heavy (non-hydrogen) atoms. The van der Waals surface area contributed by atoms with Crippen molar-refractivity contribution in [3.05, 3.63) is 75.2 Å². The quantitative estimate of drug-likeness (QED) is 0.682. The Kier molecular flexibility index (Phi) is 4.54. The predicted molar refractivity (Wildman–Crippen MR) is 104 cm³/mol. The summed E-state index contributed by atoms with van der Waals surface area (Å²) < 4.78 is 45.6. The van der Waals surface area contributed by atoms with Gasteiger partial charge >= 0.3 is 6.18 Å². The SMILES string of the molecule is O=c1[nH]c(C2CC2)nc2c1CN(Cc1ccc(-c3ccccc3C(F)(F)F)o1)CC2. The second kappa shape index (κ2) is 7.12. The summed E-state index contributed by atoms with van der Waals surface area (Å²) in [4.78, 5) is 22.1. The summed E-state index contributed by atoms with van der Waals surface area (Å²) in [7, 11) is 0. The van der Waals surface area contributed by atoms with Gasteiger partial charge in [-0.3, -0.25) is 9.69 Å². The number of H-pyrrole nitrogens is 1. The van der Waals surface area contributed by atoms with Gasteiger partial charge in [-0.15, -0.1) is 0 Å². The number of aromatic nitrogens is 2. The maximum absolute atomic E-state index is 13.3. The monoisotopic (exact) mass is 415 g/mol. The van der Waals surface area contributed by atoms with Gasteiger partial charge in [0.25, 0.3) is 5.56 Å². The van der Waals surface area contributed by atoms with Crippen molar-refractivity contribution in [3.8, 4) is 11.3 Å². The molecule has 1 fully saturated rings. The van der Waals surface area contributed by atoms with Crippen LogP contribution in [0, 0.1) is 0 Å². The number of benzene rings is 1. The van der Waals surface area contributed by atoms with Crippen LogP contribution < -0.4 is 5.56 Å². The van der Waals surface area contributed by atoms with Crippen molar-refractivity contribution < 1.29 is 17.6 Å². The summed E-state index contributed by atoms with van der Waals surface area (Å²) in [5.41, 5.74) is 0.734. The minimum Gasteiger partial charge on any atom is -0.460 e. The highest BCUT2D eigenvalue weighted by Crippen LogP contribution is 2.38. The van der Waals surface area contributed by atoms with Crippen molar-refractivity contribution in [2.75, 3.05) is 6.54 Å². The average molecular weight is 415 g/mol. The van der Waals surface area contributed by atoms with E-state index in [0.29, 0.717) is 43.3 Å². The van der Waals surface area contributed by atoms with Crippen LogP contribution in [0.2, 0.25) is 0 Å². The molecular weight excluding hydrogens is 395 g/mol. The number of rotatable bonds is 4. The maximum Gasteiger partial charge on any atom is 0.417 e. The van der Waals surface area contributed by atoms with E-state index in [1.165, 1.54) is 12.1 Å². The second-order valence-corrected chi connectivity index (χ2v) is 7.92. The van der Waals surface area contributed by atoms with Gasteiger partial charge in [-0.1, -0.05) is 18.2 Å². The number of halogens is 3. The van der Waals surface area contributed by atoms with Crippen LogP contribution in [-0.2, 0) is 25.7 Å². The first-order valence-corrected chi connectivity index (χ1v) is 9.98. The summed E-state index contributed by atoms with van der Waals surface area (Å²) >= 11 is 0. The van der Waals surface area contributed by atoms with E-state index in [-0.39, 0.29) is 16.9 Å². The van der Waals surface area contributed by atoms with Crippen molar-refractivity contribution in [2.24, 2.45) is 0 Å². The van der Waals surface area contributed by atoms with E-state index in [4.69, 9.17) is 4.42 Å². The molecule has 1 aliphatic heterocycles. The molecule has 1 N–H and O–H groups in total. The standard InChI is InChI=1S/C22H20F3N3O2/c23-22(24,25)17-4-2-1-3-15(17)19-8-7-14(30-19)11-28-10-9-18-16(12-28)21(29)27-20(26-18)13-5-6-13/h1-4,7-8,13H,5-6,9-12H2,(H,26,27,29). The normalized spacial score (nSPS) is 17.2. The molecule has 0 atom stereocenters. The van der Waals surface area contributed by atoms with E-state index in [2.05, 4.69) is 9.97 Å². The number of nitrogens with zero attached hydrogens (tertiary/aromatic N) is 2. The van der Waals surface area contributed by atoms with Gasteiger partial charge in [-0.05, 0) is 31.0 Å². The number of furan rings is 1. The van der Waals surface area contributed by atoms with Gasteiger partial charge in [0, 0.05) is 31.0 Å². The maximum atomic E-state index is 13.3. The third kappa shape index (κ3) is 3.67. The molecule has 1 aromatic carbocycles. The van der Waals surface area contributed by atoms with E-state index in [1.54, 1.807) is 18.2 Å². The van der Waals surface area contributed by atoms with Crippen molar-refractivity contribution in [1.82, 2.24) is 14.9 Å². The largest absolute Gasteiger partial charge is 0.460 e. The summed E-state index contributed by atoms with van der Waals surface area (Å²) in [5.74, 6) is 1.93. The van der Waals surface area contributed by atoms with E-state index < -0.39 is 11.7 Å². The van der Waals surface area contributed by atoms with Gasteiger partial charge < -0.3 is 9.40 Å². The summed E-state index contributed by atoms with van der Waals surface area (Å²) in [6.07, 6.45) is -1.63. The average Bonchev–Trinajstić information content (AvgIpc) is 3.47. The van der Waals surface area contributed by atoms with Crippen molar-refractivity contribution in [3.63, 3.8) is 0 Å². The molecule has 8 heteroatoms. The van der Waals surface area contributed by atoms with E-state index >= 15 is 0 Å². The first-order chi connectivity index (χ1) is 14.4. The second-order valence-electron chi connectivity index (χ2n) is 7.92. The van der Waals surface area contributed by atoms with Crippen molar-refractivity contribution in [2.45, 2.75) is 44.4 Å². The predicted octanol–water partition coefficient (Wildman–Crippen LogP) is 4.48. The molecule has 2 aromatic heterocycles. The summed E-state index contributed by atoms with van der Waals surface area (Å²) in [6.45, 7) is 1.57. The number of aromatic amines is 1. The lowest BCUT2D eigenvalue weighted by Gasteiger charge is -2.26. The smallest absolute Gasteiger partial charge is 0.417 e. The molecule has 0 saturated heterocycles. The molecular formula is C22H20F3N3O2. The minimum absolute atomic E-state index is 0.0217. The van der Waals surface area contributed by atoms with E-state index in [9.17, 15) is 18.0 Å². The van der Waals surface area contributed by atoms with Gasteiger partial charge in [0.05, 0.1) is 23.4 Å². The Bertz CT molecular complexity index is 1150. The third-order valence-electron chi connectivity index (χ3n) is 5.67. The Morgan fingerprint density at radius 2 is 1.97 bits per heavy atom. The van der Waals surface area contributed by atoms with Gasteiger partial charge in [-0.25, -0.2) is 4.98 Å². The molecule has 0 amide bonds. The molecule has 0 spiro atoms. The fourth-order valence-electron chi connectivity index (χ4n) is 3.96. The van der Waals surface area contributed by atoms with Crippen molar-refractivity contribution >= 4 is 0 Å². The fourth-order valence-corrected chi connectivity index (χ4v) is 3.96. The van der Waals surface area contributed by atoms with Gasteiger partial charge in [0.15, 0.2) is 0 Å². The van der Waals surface area contributed by atoms with Gasteiger partial charge in [0.2, 0.25) is 0 Å². The minimum atomic E-state index is -4.45. The molecule has 3 aromatic rings. The lowest BCUT2D eigenvalue weighted by atomic mass is 10.1. The molecule has 5 rings (SSSR count). The molecule has 5 nitrogen and oxygen atoms in total. The van der Waals surface area contributed by atoms with Crippen LogP contribution in [0.3, 0.4) is 0 Å². The van der Waals surface area contributed by atoms with Crippen molar-refractivity contribution in [1.29, 1.82) is 0 Å². The van der Waals surface area contributed by atoms with Crippen LogP contribution in [0.5, 0.6) is 0 Å². The summed E-state index contributed by atoms with van der Waals surface area (Å²) in [6, 6.07) is 8.63. The highest BCUT2D eigenvalue weighted by Gasteiger charge is 2.34. The lowest BCUT2D eigenvalue weighted by molar-refractivity contribution is -0.137. The zero-order valence-electron chi connectivity index (χ0n) is 16.1. The van der Waals surface area contributed by atoms with Crippen LogP contribution in [0.25, 0.3) is 11.3 Å². The molecule has 0 unspecified atom stereocenters. The Morgan fingerprint density at radius 1 is 1.17 bits per heavy atom. The topological polar surface area (TPSA) is 62.1 Å². The van der Waals surface area contributed by atoms with Crippen LogP contribution in [0.4, 0.5) is 13.2 Å². The van der Waals surface area contributed by atoms with E-state index in [0.717, 1.165) is 30.4 Å². The van der Waals surface area contributed by atoms with E-state index in [1.807, 2.05) is 4.90 Å². The fraction of sp³-hybridized carbons (Fsp3) is 0.364.